The van der Waals surface area contributed by atoms with Crippen molar-refractivity contribution in [3.8, 4) is 11.5 Å². The Balaban J connectivity index is 1.95. The molecule has 0 amide bonds. The van der Waals surface area contributed by atoms with Crippen LogP contribution in [0.1, 0.15) is 11.3 Å². The van der Waals surface area contributed by atoms with Crippen molar-refractivity contribution in [3.05, 3.63) is 46.2 Å². The molecule has 2 rings (SSSR count). The topological polar surface area (TPSA) is 46.3 Å². The van der Waals surface area contributed by atoms with E-state index >= 15 is 0 Å². The first kappa shape index (κ1) is 14.0. The number of aromatic amines is 1. The number of aromatic nitrogens is 1. The van der Waals surface area contributed by atoms with E-state index in [-0.39, 0.29) is 0 Å². The summed E-state index contributed by atoms with van der Waals surface area (Å²) in [6.45, 7) is 1.52. The molecule has 2 N–H and O–H groups in total. The Morgan fingerprint density at radius 2 is 2.00 bits per heavy atom. The van der Waals surface area contributed by atoms with Gasteiger partial charge in [0.1, 0.15) is 11.5 Å². The van der Waals surface area contributed by atoms with E-state index in [4.69, 9.17) is 9.47 Å². The molecule has 2 aromatic rings. The number of hydrogen-bond acceptors (Lipinski definition) is 3. The Morgan fingerprint density at radius 3 is 2.63 bits per heavy atom. The third kappa shape index (κ3) is 3.75. The molecule has 0 aliphatic carbocycles. The second-order valence-corrected chi connectivity index (χ2v) is 5.04. The molecule has 1 heterocycles. The van der Waals surface area contributed by atoms with E-state index in [1.807, 2.05) is 24.4 Å². The summed E-state index contributed by atoms with van der Waals surface area (Å²) in [5.41, 5.74) is 2.24. The lowest BCUT2D eigenvalue weighted by atomic mass is 10.2. The number of rotatable bonds is 6. The summed E-state index contributed by atoms with van der Waals surface area (Å²) in [6.07, 6.45) is 1.92. The molecule has 0 aliphatic heterocycles. The number of methoxy groups -OCH3 is 2. The van der Waals surface area contributed by atoms with Gasteiger partial charge >= 0.3 is 0 Å². The first-order chi connectivity index (χ1) is 9.22. The Labute approximate surface area is 121 Å². The zero-order valence-corrected chi connectivity index (χ0v) is 12.6. The maximum atomic E-state index is 5.36. The van der Waals surface area contributed by atoms with Crippen LogP contribution in [0.5, 0.6) is 11.5 Å². The Kier molecular flexibility index (Phi) is 4.87. The summed E-state index contributed by atoms with van der Waals surface area (Å²) in [7, 11) is 3.32. The van der Waals surface area contributed by atoms with Crippen molar-refractivity contribution in [2.45, 2.75) is 13.1 Å². The van der Waals surface area contributed by atoms with E-state index in [2.05, 4.69) is 32.3 Å². The Bertz CT molecular complexity index is 540. The van der Waals surface area contributed by atoms with E-state index in [1.165, 1.54) is 0 Å². The van der Waals surface area contributed by atoms with Crippen LogP contribution in [-0.2, 0) is 13.1 Å². The number of halogens is 1. The van der Waals surface area contributed by atoms with Crippen molar-refractivity contribution in [1.82, 2.24) is 10.3 Å². The van der Waals surface area contributed by atoms with Gasteiger partial charge < -0.3 is 19.8 Å². The lowest BCUT2D eigenvalue weighted by Crippen LogP contribution is -2.13. The molecule has 0 spiro atoms. The van der Waals surface area contributed by atoms with Crippen LogP contribution in [-0.4, -0.2) is 19.2 Å². The van der Waals surface area contributed by atoms with Gasteiger partial charge in [0.05, 0.1) is 14.2 Å². The number of ether oxygens (including phenoxy) is 2. The average Bonchev–Trinajstić information content (AvgIpc) is 2.84. The molecular weight excluding hydrogens is 308 g/mol. The van der Waals surface area contributed by atoms with Gasteiger partial charge in [-0.3, -0.25) is 0 Å². The van der Waals surface area contributed by atoms with Gasteiger partial charge in [0, 0.05) is 41.1 Å². The third-order valence-corrected chi connectivity index (χ3v) is 3.29. The molecule has 0 atom stereocenters. The minimum absolute atomic E-state index is 0.740. The maximum absolute atomic E-state index is 5.36. The van der Waals surface area contributed by atoms with Gasteiger partial charge in [0.15, 0.2) is 0 Å². The van der Waals surface area contributed by atoms with Crippen LogP contribution >= 0.6 is 15.9 Å². The van der Waals surface area contributed by atoms with Crippen molar-refractivity contribution in [1.29, 1.82) is 0 Å². The fraction of sp³-hybridized carbons (Fsp3) is 0.286. The summed E-state index contributed by atoms with van der Waals surface area (Å²) in [5.74, 6) is 1.63. The van der Waals surface area contributed by atoms with Crippen molar-refractivity contribution >= 4 is 15.9 Å². The van der Waals surface area contributed by atoms with Crippen LogP contribution < -0.4 is 14.8 Å². The summed E-state index contributed by atoms with van der Waals surface area (Å²) in [4.78, 5) is 3.18. The van der Waals surface area contributed by atoms with Crippen LogP contribution in [0.2, 0.25) is 0 Å². The molecule has 0 saturated heterocycles. The van der Waals surface area contributed by atoms with Crippen molar-refractivity contribution < 1.29 is 9.47 Å². The van der Waals surface area contributed by atoms with Gasteiger partial charge in [-0.05, 0) is 28.1 Å². The Hall–Kier alpha value is -1.46. The molecule has 0 bridgehead atoms. The average molecular weight is 325 g/mol. The van der Waals surface area contributed by atoms with E-state index in [9.17, 15) is 0 Å². The maximum Gasteiger partial charge on any atom is 0.127 e. The van der Waals surface area contributed by atoms with E-state index in [0.29, 0.717) is 0 Å². The number of benzene rings is 1. The first-order valence-electron chi connectivity index (χ1n) is 5.97. The molecule has 102 valence electrons. The molecule has 4 nitrogen and oxygen atoms in total. The molecule has 19 heavy (non-hydrogen) atoms. The van der Waals surface area contributed by atoms with Gasteiger partial charge in [-0.2, -0.15) is 0 Å². The van der Waals surface area contributed by atoms with Gasteiger partial charge in [-0.15, -0.1) is 0 Å². The van der Waals surface area contributed by atoms with E-state index in [1.54, 1.807) is 14.2 Å². The highest BCUT2D eigenvalue weighted by Crippen LogP contribution is 2.24. The molecule has 1 aromatic heterocycles. The largest absolute Gasteiger partial charge is 0.497 e. The van der Waals surface area contributed by atoms with Crippen LogP contribution in [0.3, 0.4) is 0 Å². The minimum atomic E-state index is 0.740. The highest BCUT2D eigenvalue weighted by molar-refractivity contribution is 9.10. The van der Waals surface area contributed by atoms with Crippen molar-refractivity contribution in [2.24, 2.45) is 0 Å². The fourth-order valence-corrected chi connectivity index (χ4v) is 2.23. The number of hydrogen-bond donors (Lipinski definition) is 2. The highest BCUT2D eigenvalue weighted by atomic mass is 79.9. The smallest absolute Gasteiger partial charge is 0.127 e. The van der Waals surface area contributed by atoms with Gasteiger partial charge in [-0.25, -0.2) is 0 Å². The van der Waals surface area contributed by atoms with Gasteiger partial charge in [0.2, 0.25) is 0 Å². The molecule has 0 saturated carbocycles. The first-order valence-corrected chi connectivity index (χ1v) is 6.76. The van der Waals surface area contributed by atoms with Crippen molar-refractivity contribution in [2.75, 3.05) is 14.2 Å². The SMILES string of the molecule is COc1ccc(CNCc2cc(Br)c[nH]2)c(OC)c1. The normalized spacial score (nSPS) is 10.5. The second kappa shape index (κ2) is 6.63. The van der Waals surface area contributed by atoms with Crippen molar-refractivity contribution in [3.63, 3.8) is 0 Å². The Morgan fingerprint density at radius 1 is 1.16 bits per heavy atom. The summed E-state index contributed by atoms with van der Waals surface area (Å²) in [6, 6.07) is 7.89. The van der Waals surface area contributed by atoms with E-state index < -0.39 is 0 Å². The molecule has 0 radical (unpaired) electrons. The molecule has 0 unspecified atom stereocenters. The predicted octanol–water partition coefficient (Wildman–Crippen LogP) is 3.08. The van der Waals surface area contributed by atoms with Gasteiger partial charge in [-0.1, -0.05) is 6.07 Å². The van der Waals surface area contributed by atoms with Crippen LogP contribution in [0, 0.1) is 0 Å². The summed E-state index contributed by atoms with van der Waals surface area (Å²) >= 11 is 3.41. The monoisotopic (exact) mass is 324 g/mol. The van der Waals surface area contributed by atoms with Gasteiger partial charge in [0.25, 0.3) is 0 Å². The number of nitrogens with one attached hydrogen (secondary N) is 2. The molecule has 0 aliphatic rings. The highest BCUT2D eigenvalue weighted by Gasteiger charge is 2.05. The standard InChI is InChI=1S/C14H17BrN2O2/c1-18-13-4-3-10(14(6-13)19-2)7-16-9-12-5-11(15)8-17-12/h3-6,8,16-17H,7,9H2,1-2H3. The second-order valence-electron chi connectivity index (χ2n) is 4.12. The lowest BCUT2D eigenvalue weighted by Gasteiger charge is -2.11. The van der Waals surface area contributed by atoms with Crippen LogP contribution in [0.4, 0.5) is 0 Å². The third-order valence-electron chi connectivity index (χ3n) is 2.83. The fourth-order valence-electron chi connectivity index (χ4n) is 1.84. The zero-order chi connectivity index (χ0) is 13.7. The van der Waals surface area contributed by atoms with Crippen LogP contribution in [0.25, 0.3) is 0 Å². The predicted molar refractivity (Wildman–Crippen MR) is 78.6 cm³/mol. The molecular formula is C14H17BrN2O2. The molecule has 1 aromatic carbocycles. The van der Waals surface area contributed by atoms with Crippen LogP contribution in [0.15, 0.2) is 34.9 Å². The summed E-state index contributed by atoms with van der Waals surface area (Å²) in [5, 5.41) is 3.37. The molecule has 5 heteroatoms. The summed E-state index contributed by atoms with van der Waals surface area (Å²) < 4.78 is 11.6. The molecule has 0 fully saturated rings. The minimum Gasteiger partial charge on any atom is -0.497 e. The lowest BCUT2D eigenvalue weighted by molar-refractivity contribution is 0.389. The zero-order valence-electron chi connectivity index (χ0n) is 11.0. The number of H-pyrrole nitrogens is 1. The van der Waals surface area contributed by atoms with E-state index in [0.717, 1.165) is 40.3 Å². The quantitative estimate of drug-likeness (QED) is 0.858.